The van der Waals surface area contributed by atoms with Crippen LogP contribution in [0, 0.1) is 12.8 Å². The first kappa shape index (κ1) is 16.3. The molecule has 112 valence electrons. The van der Waals surface area contributed by atoms with Gasteiger partial charge in [-0.05, 0) is 54.9 Å². The van der Waals surface area contributed by atoms with Crippen molar-refractivity contribution in [2.24, 2.45) is 5.92 Å². The van der Waals surface area contributed by atoms with Gasteiger partial charge >= 0.3 is 0 Å². The summed E-state index contributed by atoms with van der Waals surface area (Å²) in [5.74, 6) is 0.636. The number of halogens is 1. The van der Waals surface area contributed by atoms with Gasteiger partial charge in [-0.25, -0.2) is 9.97 Å². The van der Waals surface area contributed by atoms with Gasteiger partial charge in [0.1, 0.15) is 0 Å². The Bertz CT molecular complexity index is 602. The molecule has 1 aromatic carbocycles. The quantitative estimate of drug-likeness (QED) is 0.803. The van der Waals surface area contributed by atoms with Crippen LogP contribution in [0.2, 0.25) is 5.02 Å². The predicted molar refractivity (Wildman–Crippen MR) is 88.9 cm³/mol. The maximum Gasteiger partial charge on any atom is 0.192 e. The summed E-state index contributed by atoms with van der Waals surface area (Å²) >= 11 is 7.87. The Morgan fingerprint density at radius 1 is 1.29 bits per heavy atom. The molecule has 0 atom stereocenters. The summed E-state index contributed by atoms with van der Waals surface area (Å²) in [7, 11) is 0. The lowest BCUT2D eigenvalue weighted by molar-refractivity contribution is 0.552. The van der Waals surface area contributed by atoms with Crippen LogP contribution in [-0.2, 0) is 6.54 Å². The predicted octanol–water partition coefficient (Wildman–Crippen LogP) is 4.34. The minimum Gasteiger partial charge on any atom is -0.312 e. The maximum atomic E-state index is 6.35. The largest absolute Gasteiger partial charge is 0.312 e. The molecule has 2 rings (SSSR count). The van der Waals surface area contributed by atoms with Gasteiger partial charge in [-0.3, -0.25) is 0 Å². The smallest absolute Gasteiger partial charge is 0.192 e. The van der Waals surface area contributed by atoms with E-state index < -0.39 is 0 Å². The first-order valence-corrected chi connectivity index (χ1v) is 8.20. The van der Waals surface area contributed by atoms with E-state index in [1.54, 1.807) is 6.20 Å². The van der Waals surface area contributed by atoms with Crippen molar-refractivity contribution >= 4 is 23.4 Å². The third-order valence-corrected chi connectivity index (χ3v) is 4.10. The number of benzene rings is 1. The van der Waals surface area contributed by atoms with Gasteiger partial charge in [0, 0.05) is 28.4 Å². The van der Waals surface area contributed by atoms with Crippen molar-refractivity contribution in [2.45, 2.75) is 37.4 Å². The first-order valence-electron chi connectivity index (χ1n) is 7.01. The van der Waals surface area contributed by atoms with Crippen LogP contribution in [0.1, 0.15) is 25.1 Å². The second-order valence-electron chi connectivity index (χ2n) is 5.36. The summed E-state index contributed by atoms with van der Waals surface area (Å²) in [4.78, 5) is 9.69. The second-order valence-corrected chi connectivity index (χ2v) is 6.81. The molecule has 0 unspecified atom stereocenters. The van der Waals surface area contributed by atoms with Crippen molar-refractivity contribution in [1.82, 2.24) is 15.3 Å². The molecule has 1 heterocycles. The Labute approximate surface area is 135 Å². The van der Waals surface area contributed by atoms with Crippen LogP contribution in [0.4, 0.5) is 0 Å². The lowest BCUT2D eigenvalue weighted by atomic mass is 10.2. The molecule has 0 aliphatic rings. The topological polar surface area (TPSA) is 37.8 Å². The zero-order valence-corrected chi connectivity index (χ0v) is 14.1. The average molecular weight is 322 g/mol. The minimum absolute atomic E-state index is 0.636. The molecule has 1 N–H and O–H groups in total. The number of hydrogen-bond donors (Lipinski definition) is 1. The highest BCUT2D eigenvalue weighted by molar-refractivity contribution is 7.99. The van der Waals surface area contributed by atoms with Gasteiger partial charge in [0.05, 0.1) is 0 Å². The van der Waals surface area contributed by atoms with Gasteiger partial charge in [0.25, 0.3) is 0 Å². The van der Waals surface area contributed by atoms with Crippen LogP contribution >= 0.6 is 23.4 Å². The number of nitrogens with one attached hydrogen (secondary N) is 1. The highest BCUT2D eigenvalue weighted by Gasteiger charge is 2.05. The van der Waals surface area contributed by atoms with Crippen LogP contribution in [0.25, 0.3) is 0 Å². The van der Waals surface area contributed by atoms with Crippen molar-refractivity contribution in [3.63, 3.8) is 0 Å². The van der Waals surface area contributed by atoms with E-state index in [0.29, 0.717) is 5.92 Å². The monoisotopic (exact) mass is 321 g/mol. The Kier molecular flexibility index (Phi) is 6.03. The van der Waals surface area contributed by atoms with E-state index in [-0.39, 0.29) is 0 Å². The average Bonchev–Trinajstić information content (AvgIpc) is 2.41. The van der Waals surface area contributed by atoms with Crippen LogP contribution in [-0.4, -0.2) is 16.5 Å². The summed E-state index contributed by atoms with van der Waals surface area (Å²) in [5.41, 5.74) is 2.08. The number of rotatable bonds is 6. The fraction of sp³-hybridized carbons (Fsp3) is 0.375. The van der Waals surface area contributed by atoms with E-state index in [0.717, 1.165) is 39.4 Å². The fourth-order valence-electron chi connectivity index (χ4n) is 1.81. The highest BCUT2D eigenvalue weighted by Crippen LogP contribution is 2.28. The third kappa shape index (κ3) is 5.30. The van der Waals surface area contributed by atoms with E-state index in [4.69, 9.17) is 11.6 Å². The molecule has 21 heavy (non-hydrogen) atoms. The van der Waals surface area contributed by atoms with Gasteiger partial charge < -0.3 is 5.32 Å². The lowest BCUT2D eigenvalue weighted by Crippen LogP contribution is -2.19. The molecule has 3 nitrogen and oxygen atoms in total. The molecule has 0 saturated carbocycles. The van der Waals surface area contributed by atoms with Crippen LogP contribution < -0.4 is 5.32 Å². The molecule has 0 fully saturated rings. The first-order chi connectivity index (χ1) is 10.0. The zero-order valence-electron chi connectivity index (χ0n) is 12.6. The summed E-state index contributed by atoms with van der Waals surface area (Å²) in [6, 6.07) is 7.99. The Morgan fingerprint density at radius 3 is 2.76 bits per heavy atom. The van der Waals surface area contributed by atoms with Gasteiger partial charge in [-0.1, -0.05) is 31.5 Å². The normalized spacial score (nSPS) is 11.1. The van der Waals surface area contributed by atoms with Crippen LogP contribution in [0.3, 0.4) is 0 Å². The molecule has 5 heteroatoms. The van der Waals surface area contributed by atoms with E-state index in [1.165, 1.54) is 11.8 Å². The lowest BCUT2D eigenvalue weighted by Gasteiger charge is -2.10. The molecule has 0 aliphatic carbocycles. The molecule has 0 radical (unpaired) electrons. The van der Waals surface area contributed by atoms with Gasteiger partial charge in [-0.15, -0.1) is 0 Å². The van der Waals surface area contributed by atoms with E-state index in [1.807, 2.05) is 19.1 Å². The van der Waals surface area contributed by atoms with Gasteiger partial charge in [-0.2, -0.15) is 0 Å². The summed E-state index contributed by atoms with van der Waals surface area (Å²) < 4.78 is 0. The Balaban J connectivity index is 2.01. The number of aromatic nitrogens is 2. The molecule has 0 saturated heterocycles. The highest BCUT2D eigenvalue weighted by atomic mass is 35.5. The minimum atomic E-state index is 0.636. The molecule has 0 aliphatic heterocycles. The molecular formula is C16H20ClN3S. The summed E-state index contributed by atoms with van der Waals surface area (Å²) in [5, 5.41) is 4.93. The van der Waals surface area contributed by atoms with Crippen molar-refractivity contribution in [1.29, 1.82) is 0 Å². The van der Waals surface area contributed by atoms with E-state index in [9.17, 15) is 0 Å². The fourth-order valence-corrected chi connectivity index (χ4v) is 2.95. The molecule has 2 aromatic rings. The molecule has 0 bridgehead atoms. The van der Waals surface area contributed by atoms with Crippen molar-refractivity contribution in [3.05, 3.63) is 46.7 Å². The van der Waals surface area contributed by atoms with Gasteiger partial charge in [0.2, 0.25) is 0 Å². The van der Waals surface area contributed by atoms with E-state index in [2.05, 4.69) is 41.3 Å². The maximum absolute atomic E-state index is 6.35. The Hall–Kier alpha value is -1.10. The zero-order chi connectivity index (χ0) is 15.2. The van der Waals surface area contributed by atoms with Crippen molar-refractivity contribution in [2.75, 3.05) is 6.54 Å². The molecule has 1 aromatic heterocycles. The summed E-state index contributed by atoms with van der Waals surface area (Å²) in [6.07, 6.45) is 1.77. The summed E-state index contributed by atoms with van der Waals surface area (Å²) in [6.45, 7) is 8.13. The number of hydrogen-bond acceptors (Lipinski definition) is 4. The third-order valence-electron chi connectivity index (χ3n) is 2.87. The van der Waals surface area contributed by atoms with E-state index >= 15 is 0 Å². The van der Waals surface area contributed by atoms with Gasteiger partial charge in [0.15, 0.2) is 5.16 Å². The molecule has 0 amide bonds. The number of nitrogens with zero attached hydrogens (tertiary/aromatic N) is 2. The van der Waals surface area contributed by atoms with Crippen LogP contribution in [0.15, 0.2) is 40.5 Å². The molecule has 0 spiro atoms. The van der Waals surface area contributed by atoms with Crippen molar-refractivity contribution in [3.8, 4) is 0 Å². The Morgan fingerprint density at radius 2 is 2.10 bits per heavy atom. The standard InChI is InChI=1S/C16H20ClN3S/c1-11(2)9-18-10-13-4-5-14(8-15(13)17)21-16-19-7-6-12(3)20-16/h4-8,11,18H,9-10H2,1-3H3. The van der Waals surface area contributed by atoms with Crippen LogP contribution in [0.5, 0.6) is 0 Å². The number of aryl methyl sites for hydroxylation is 1. The SMILES string of the molecule is Cc1ccnc(Sc2ccc(CNCC(C)C)c(Cl)c2)n1. The second kappa shape index (κ2) is 7.78. The van der Waals surface area contributed by atoms with Crippen molar-refractivity contribution < 1.29 is 0 Å². The molecular weight excluding hydrogens is 302 g/mol.